The second-order valence-electron chi connectivity index (χ2n) is 5.63. The van der Waals surface area contributed by atoms with Crippen molar-refractivity contribution in [3.63, 3.8) is 0 Å². The third-order valence-corrected chi connectivity index (χ3v) is 3.86. The molecule has 1 aromatic rings. The minimum Gasteiger partial charge on any atom is -0.507 e. The van der Waals surface area contributed by atoms with Crippen molar-refractivity contribution in [3.8, 4) is 5.75 Å². The summed E-state index contributed by atoms with van der Waals surface area (Å²) in [6.07, 6.45) is -0.914. The number of piperidine rings is 1. The van der Waals surface area contributed by atoms with E-state index >= 15 is 0 Å². The number of phenolic OH excluding ortho intramolecular Hbond substituents is 1. The molecule has 106 valence electrons. The van der Waals surface area contributed by atoms with Gasteiger partial charge >= 0.3 is 6.18 Å². The van der Waals surface area contributed by atoms with Crippen molar-refractivity contribution in [1.82, 2.24) is 0 Å². The van der Waals surface area contributed by atoms with Gasteiger partial charge in [-0.2, -0.15) is 13.2 Å². The first-order valence-electron chi connectivity index (χ1n) is 6.53. The van der Waals surface area contributed by atoms with E-state index in [4.69, 9.17) is 0 Å². The highest BCUT2D eigenvalue weighted by Crippen LogP contribution is 2.33. The van der Waals surface area contributed by atoms with E-state index in [0.29, 0.717) is 12.1 Å². The highest BCUT2D eigenvalue weighted by Gasteiger charge is 2.32. The zero-order valence-electron chi connectivity index (χ0n) is 11.0. The van der Waals surface area contributed by atoms with Crippen LogP contribution in [0.5, 0.6) is 5.75 Å². The summed E-state index contributed by atoms with van der Waals surface area (Å²) >= 11 is 0. The molecule has 2 rings (SSSR count). The molecule has 0 saturated carbocycles. The Hall–Kier alpha value is -1.23. The van der Waals surface area contributed by atoms with Crippen LogP contribution < -0.4 is 0 Å². The normalized spacial score (nSPS) is 19.4. The van der Waals surface area contributed by atoms with E-state index in [1.54, 1.807) is 0 Å². The number of phenols is 1. The Bertz CT molecular complexity index is 450. The number of alkyl halides is 3. The van der Waals surface area contributed by atoms with Gasteiger partial charge in [0.1, 0.15) is 12.3 Å². The van der Waals surface area contributed by atoms with Gasteiger partial charge in [-0.05, 0) is 37.5 Å². The van der Waals surface area contributed by atoms with Crippen molar-refractivity contribution < 1.29 is 22.8 Å². The second kappa shape index (κ2) is 5.04. The molecule has 0 radical (unpaired) electrons. The van der Waals surface area contributed by atoms with Crippen molar-refractivity contribution in [2.45, 2.75) is 32.0 Å². The number of rotatable bonds is 2. The molecule has 1 fully saturated rings. The SMILES string of the molecule is C[N+]1(Cc2ccc(C(F)(F)F)cc2O)CCCCC1. The Morgan fingerprint density at radius 1 is 1.16 bits per heavy atom. The van der Waals surface area contributed by atoms with Gasteiger partial charge in [0.25, 0.3) is 0 Å². The lowest BCUT2D eigenvalue weighted by Crippen LogP contribution is -2.46. The molecule has 1 aliphatic rings. The standard InChI is InChI=1S/C14H18F3NO/c1-18(7-3-2-4-8-18)10-11-5-6-12(9-13(11)19)14(15,16)17/h5-6,9H,2-4,7-8,10H2,1H3/p+1. The molecule has 0 amide bonds. The van der Waals surface area contributed by atoms with E-state index in [2.05, 4.69) is 7.05 Å². The van der Waals surface area contributed by atoms with Crippen LogP contribution in [0.15, 0.2) is 18.2 Å². The molecule has 1 aromatic carbocycles. The Morgan fingerprint density at radius 2 is 1.79 bits per heavy atom. The van der Waals surface area contributed by atoms with Crippen molar-refractivity contribution in [2.24, 2.45) is 0 Å². The second-order valence-corrected chi connectivity index (χ2v) is 5.63. The lowest BCUT2D eigenvalue weighted by Gasteiger charge is -2.38. The van der Waals surface area contributed by atoms with Gasteiger partial charge in [-0.25, -0.2) is 0 Å². The summed E-state index contributed by atoms with van der Waals surface area (Å²) in [6, 6.07) is 3.27. The molecule has 0 atom stereocenters. The Labute approximate surface area is 111 Å². The number of nitrogens with zero attached hydrogens (tertiary/aromatic N) is 1. The van der Waals surface area contributed by atoms with Crippen molar-refractivity contribution >= 4 is 0 Å². The highest BCUT2D eigenvalue weighted by atomic mass is 19.4. The molecule has 5 heteroatoms. The summed E-state index contributed by atoms with van der Waals surface area (Å²) in [5.41, 5.74) is -0.201. The van der Waals surface area contributed by atoms with E-state index < -0.39 is 11.7 Å². The number of halogens is 3. The smallest absolute Gasteiger partial charge is 0.416 e. The van der Waals surface area contributed by atoms with Crippen LogP contribution in [0.3, 0.4) is 0 Å². The van der Waals surface area contributed by atoms with Crippen molar-refractivity contribution in [3.05, 3.63) is 29.3 Å². The first-order chi connectivity index (χ1) is 8.80. The average Bonchev–Trinajstić information content (AvgIpc) is 2.31. The molecule has 0 spiro atoms. The van der Waals surface area contributed by atoms with Crippen molar-refractivity contribution in [1.29, 1.82) is 0 Å². The van der Waals surface area contributed by atoms with E-state index in [1.165, 1.54) is 12.5 Å². The molecule has 0 aromatic heterocycles. The van der Waals surface area contributed by atoms with Crippen LogP contribution in [0, 0.1) is 0 Å². The molecule has 2 nitrogen and oxygen atoms in total. The molecular formula is C14H19F3NO+. The van der Waals surface area contributed by atoms with Gasteiger partial charge in [0, 0.05) is 5.56 Å². The van der Waals surface area contributed by atoms with Crippen LogP contribution in [-0.2, 0) is 12.7 Å². The molecule has 0 bridgehead atoms. The van der Waals surface area contributed by atoms with Gasteiger partial charge in [0.15, 0.2) is 0 Å². The first kappa shape index (κ1) is 14.2. The molecule has 1 heterocycles. The van der Waals surface area contributed by atoms with Crippen LogP contribution >= 0.6 is 0 Å². The number of aromatic hydroxyl groups is 1. The molecule has 0 aliphatic carbocycles. The quantitative estimate of drug-likeness (QED) is 0.818. The summed E-state index contributed by atoms with van der Waals surface area (Å²) in [6.45, 7) is 2.62. The monoisotopic (exact) mass is 274 g/mol. The first-order valence-corrected chi connectivity index (χ1v) is 6.53. The summed E-state index contributed by atoms with van der Waals surface area (Å²) in [5, 5.41) is 9.79. The minimum absolute atomic E-state index is 0.250. The third kappa shape index (κ3) is 3.41. The topological polar surface area (TPSA) is 20.2 Å². The number of benzene rings is 1. The predicted octanol–water partition coefficient (Wildman–Crippen LogP) is 3.54. The fourth-order valence-corrected chi connectivity index (χ4v) is 2.72. The Kier molecular flexibility index (Phi) is 3.76. The van der Waals surface area contributed by atoms with Gasteiger partial charge in [0.2, 0.25) is 0 Å². The van der Waals surface area contributed by atoms with Crippen molar-refractivity contribution in [2.75, 3.05) is 20.1 Å². The Balaban J connectivity index is 2.17. The van der Waals surface area contributed by atoms with Gasteiger partial charge in [-0.15, -0.1) is 0 Å². The van der Waals surface area contributed by atoms with Crippen LogP contribution in [0.2, 0.25) is 0 Å². The lowest BCUT2D eigenvalue weighted by molar-refractivity contribution is -0.926. The van der Waals surface area contributed by atoms with Crippen LogP contribution in [0.1, 0.15) is 30.4 Å². The maximum atomic E-state index is 12.5. The zero-order chi connectivity index (χ0) is 14.1. The number of likely N-dealkylation sites (tertiary alicyclic amines) is 1. The zero-order valence-corrected chi connectivity index (χ0v) is 11.0. The van der Waals surface area contributed by atoms with Crippen LogP contribution in [0.25, 0.3) is 0 Å². The lowest BCUT2D eigenvalue weighted by atomic mass is 10.0. The Morgan fingerprint density at radius 3 is 2.32 bits per heavy atom. The maximum Gasteiger partial charge on any atom is 0.416 e. The molecule has 1 saturated heterocycles. The van der Waals surface area contributed by atoms with E-state index in [1.807, 2.05) is 0 Å². The van der Waals surface area contributed by atoms with E-state index in [-0.39, 0.29) is 5.75 Å². The minimum atomic E-state index is -4.40. The summed E-state index contributed by atoms with van der Waals surface area (Å²) < 4.78 is 38.3. The van der Waals surface area contributed by atoms with Crippen LogP contribution in [0.4, 0.5) is 13.2 Å². The fraction of sp³-hybridized carbons (Fsp3) is 0.571. The number of hydrogen-bond acceptors (Lipinski definition) is 1. The van der Waals surface area contributed by atoms with Gasteiger partial charge in [-0.3, -0.25) is 0 Å². The molecule has 0 unspecified atom stereocenters. The summed E-state index contributed by atoms with van der Waals surface area (Å²) in [4.78, 5) is 0. The molecule has 19 heavy (non-hydrogen) atoms. The van der Waals surface area contributed by atoms with E-state index in [9.17, 15) is 18.3 Å². The summed E-state index contributed by atoms with van der Waals surface area (Å²) in [7, 11) is 2.09. The number of quaternary nitrogens is 1. The van der Waals surface area contributed by atoms with Gasteiger partial charge in [0.05, 0.1) is 25.7 Å². The maximum absolute atomic E-state index is 12.5. The van der Waals surface area contributed by atoms with E-state index in [0.717, 1.165) is 42.5 Å². The number of hydrogen-bond donors (Lipinski definition) is 1. The molecule has 1 aliphatic heterocycles. The van der Waals surface area contributed by atoms with Gasteiger partial charge in [-0.1, -0.05) is 0 Å². The third-order valence-electron chi connectivity index (χ3n) is 3.86. The predicted molar refractivity (Wildman–Crippen MR) is 66.6 cm³/mol. The van der Waals surface area contributed by atoms with Crippen LogP contribution in [-0.4, -0.2) is 29.7 Å². The molecule has 1 N–H and O–H groups in total. The highest BCUT2D eigenvalue weighted by molar-refractivity contribution is 5.37. The average molecular weight is 274 g/mol. The fourth-order valence-electron chi connectivity index (χ4n) is 2.72. The molecular weight excluding hydrogens is 255 g/mol. The largest absolute Gasteiger partial charge is 0.507 e. The summed E-state index contributed by atoms with van der Waals surface area (Å²) in [5.74, 6) is -0.250. The van der Waals surface area contributed by atoms with Gasteiger partial charge < -0.3 is 9.59 Å².